The molecule has 0 heterocycles. The Morgan fingerprint density at radius 2 is 2.31 bits per heavy atom. The fourth-order valence-electron chi connectivity index (χ4n) is 1.01. The first-order valence-corrected chi connectivity index (χ1v) is 4.64. The number of benzene rings is 1. The molecule has 0 saturated heterocycles. The molecule has 0 fully saturated rings. The lowest BCUT2D eigenvalue weighted by atomic mass is 10.1. The highest BCUT2D eigenvalue weighted by atomic mass is 35.5. The SMILES string of the molecule is CCc1ccc(/N=C/NC)c(Cl)c1. The van der Waals surface area contributed by atoms with Crippen LogP contribution in [0.4, 0.5) is 5.69 Å². The van der Waals surface area contributed by atoms with Gasteiger partial charge in [-0.3, -0.25) is 0 Å². The second-order valence-electron chi connectivity index (χ2n) is 2.69. The third-order valence-electron chi connectivity index (χ3n) is 1.75. The van der Waals surface area contributed by atoms with Gasteiger partial charge < -0.3 is 5.32 Å². The van der Waals surface area contributed by atoms with E-state index in [-0.39, 0.29) is 0 Å². The van der Waals surface area contributed by atoms with Crippen molar-refractivity contribution >= 4 is 23.6 Å². The van der Waals surface area contributed by atoms with E-state index in [0.717, 1.165) is 12.1 Å². The molecule has 0 bridgehead atoms. The van der Waals surface area contributed by atoms with Gasteiger partial charge in [-0.25, -0.2) is 4.99 Å². The fourth-order valence-corrected chi connectivity index (χ4v) is 1.26. The quantitative estimate of drug-likeness (QED) is 0.584. The van der Waals surface area contributed by atoms with Gasteiger partial charge in [0, 0.05) is 7.05 Å². The van der Waals surface area contributed by atoms with E-state index in [1.165, 1.54) is 5.56 Å². The summed E-state index contributed by atoms with van der Waals surface area (Å²) in [5, 5.41) is 3.52. The molecule has 70 valence electrons. The molecular formula is C10H13ClN2. The van der Waals surface area contributed by atoms with Crippen molar-refractivity contribution in [2.45, 2.75) is 13.3 Å². The Morgan fingerprint density at radius 3 is 2.85 bits per heavy atom. The summed E-state index contributed by atoms with van der Waals surface area (Å²) in [7, 11) is 1.80. The lowest BCUT2D eigenvalue weighted by Crippen LogP contribution is -1.99. The average molecular weight is 197 g/mol. The van der Waals surface area contributed by atoms with Gasteiger partial charge in [-0.2, -0.15) is 0 Å². The number of hydrogen-bond donors (Lipinski definition) is 1. The molecule has 0 amide bonds. The van der Waals surface area contributed by atoms with Crippen molar-refractivity contribution in [1.29, 1.82) is 0 Å². The minimum absolute atomic E-state index is 0.700. The molecule has 13 heavy (non-hydrogen) atoms. The highest BCUT2D eigenvalue weighted by Gasteiger charge is 1.98. The van der Waals surface area contributed by atoms with Crippen molar-refractivity contribution in [3.05, 3.63) is 28.8 Å². The average Bonchev–Trinajstić information content (AvgIpc) is 2.16. The Bertz CT molecular complexity index is 308. The predicted octanol–water partition coefficient (Wildman–Crippen LogP) is 2.78. The van der Waals surface area contributed by atoms with Gasteiger partial charge in [0.2, 0.25) is 0 Å². The summed E-state index contributed by atoms with van der Waals surface area (Å²) in [6, 6.07) is 5.91. The van der Waals surface area contributed by atoms with Crippen molar-refractivity contribution in [2.24, 2.45) is 4.99 Å². The monoisotopic (exact) mass is 196 g/mol. The summed E-state index contributed by atoms with van der Waals surface area (Å²) >= 11 is 6.00. The first kappa shape index (κ1) is 10.1. The number of aliphatic imine (C=N–C) groups is 1. The molecule has 0 aliphatic rings. The lowest BCUT2D eigenvalue weighted by Gasteiger charge is -2.00. The molecule has 3 heteroatoms. The zero-order valence-electron chi connectivity index (χ0n) is 7.84. The maximum absolute atomic E-state index is 6.00. The van der Waals surface area contributed by atoms with Gasteiger partial charge in [0.05, 0.1) is 17.0 Å². The van der Waals surface area contributed by atoms with Crippen LogP contribution in [0.5, 0.6) is 0 Å². The normalized spacial score (nSPS) is 10.7. The summed E-state index contributed by atoms with van der Waals surface area (Å²) in [6.45, 7) is 2.10. The maximum atomic E-state index is 6.00. The summed E-state index contributed by atoms with van der Waals surface area (Å²) < 4.78 is 0. The molecule has 1 N–H and O–H groups in total. The van der Waals surface area contributed by atoms with Gasteiger partial charge >= 0.3 is 0 Å². The van der Waals surface area contributed by atoms with Gasteiger partial charge in [-0.05, 0) is 24.1 Å². The first-order valence-electron chi connectivity index (χ1n) is 4.26. The molecule has 1 rings (SSSR count). The molecule has 0 aromatic heterocycles. The molecule has 0 aliphatic carbocycles. The standard InChI is InChI=1S/C10H13ClN2/c1-3-8-4-5-10(9(11)6-8)13-7-12-2/h4-7H,3H2,1-2H3,(H,12,13). The van der Waals surface area contributed by atoms with Crippen molar-refractivity contribution in [2.75, 3.05) is 7.05 Å². The molecule has 0 radical (unpaired) electrons. The Balaban J connectivity index is 2.91. The molecule has 0 spiro atoms. The van der Waals surface area contributed by atoms with E-state index >= 15 is 0 Å². The molecule has 1 aromatic rings. The Labute approximate surface area is 83.6 Å². The van der Waals surface area contributed by atoms with E-state index in [4.69, 9.17) is 11.6 Å². The van der Waals surface area contributed by atoms with E-state index in [1.807, 2.05) is 18.2 Å². The molecular weight excluding hydrogens is 184 g/mol. The van der Waals surface area contributed by atoms with Crippen molar-refractivity contribution < 1.29 is 0 Å². The highest BCUT2D eigenvalue weighted by molar-refractivity contribution is 6.33. The number of halogens is 1. The first-order chi connectivity index (χ1) is 6.27. The van der Waals surface area contributed by atoms with E-state index in [1.54, 1.807) is 13.4 Å². The van der Waals surface area contributed by atoms with Crippen molar-refractivity contribution in [1.82, 2.24) is 5.32 Å². The zero-order chi connectivity index (χ0) is 9.68. The van der Waals surface area contributed by atoms with Gasteiger partial charge in [0.1, 0.15) is 0 Å². The third-order valence-corrected chi connectivity index (χ3v) is 2.06. The maximum Gasteiger partial charge on any atom is 0.0884 e. The highest BCUT2D eigenvalue weighted by Crippen LogP contribution is 2.25. The van der Waals surface area contributed by atoms with E-state index in [0.29, 0.717) is 5.02 Å². The van der Waals surface area contributed by atoms with Crippen molar-refractivity contribution in [3.63, 3.8) is 0 Å². The van der Waals surface area contributed by atoms with Crippen LogP contribution in [-0.2, 0) is 6.42 Å². The third kappa shape index (κ3) is 2.74. The van der Waals surface area contributed by atoms with Crippen LogP contribution in [0.25, 0.3) is 0 Å². The molecule has 1 aromatic carbocycles. The Morgan fingerprint density at radius 1 is 1.54 bits per heavy atom. The number of hydrogen-bond acceptors (Lipinski definition) is 1. The molecule has 0 saturated carbocycles. The molecule has 0 unspecified atom stereocenters. The van der Waals surface area contributed by atoms with Gasteiger partial charge in [-0.15, -0.1) is 0 Å². The summed E-state index contributed by atoms with van der Waals surface area (Å²) in [5.41, 5.74) is 2.03. The van der Waals surface area contributed by atoms with Crippen LogP contribution in [0.2, 0.25) is 5.02 Å². The van der Waals surface area contributed by atoms with E-state index in [9.17, 15) is 0 Å². The van der Waals surface area contributed by atoms with Crippen LogP contribution >= 0.6 is 11.6 Å². The van der Waals surface area contributed by atoms with E-state index < -0.39 is 0 Å². The van der Waals surface area contributed by atoms with Gasteiger partial charge in [0.15, 0.2) is 0 Å². The van der Waals surface area contributed by atoms with Crippen LogP contribution in [-0.4, -0.2) is 13.4 Å². The van der Waals surface area contributed by atoms with Gasteiger partial charge in [0.25, 0.3) is 0 Å². The fraction of sp³-hybridized carbons (Fsp3) is 0.300. The summed E-state index contributed by atoms with van der Waals surface area (Å²) in [6.07, 6.45) is 2.61. The predicted molar refractivity (Wildman–Crippen MR) is 58.0 cm³/mol. The number of aryl methyl sites for hydroxylation is 1. The van der Waals surface area contributed by atoms with Crippen LogP contribution in [0, 0.1) is 0 Å². The van der Waals surface area contributed by atoms with Crippen molar-refractivity contribution in [3.8, 4) is 0 Å². The summed E-state index contributed by atoms with van der Waals surface area (Å²) in [5.74, 6) is 0. The lowest BCUT2D eigenvalue weighted by molar-refractivity contribution is 1.14. The van der Waals surface area contributed by atoms with E-state index in [2.05, 4.69) is 17.2 Å². The van der Waals surface area contributed by atoms with Crippen LogP contribution < -0.4 is 5.32 Å². The molecule has 0 atom stereocenters. The molecule has 0 aliphatic heterocycles. The van der Waals surface area contributed by atoms with Gasteiger partial charge in [-0.1, -0.05) is 24.6 Å². The zero-order valence-corrected chi connectivity index (χ0v) is 8.60. The topological polar surface area (TPSA) is 24.4 Å². The minimum Gasteiger partial charge on any atom is -0.379 e. The Kier molecular flexibility index (Phi) is 3.77. The number of nitrogens with zero attached hydrogens (tertiary/aromatic N) is 1. The van der Waals surface area contributed by atoms with Crippen LogP contribution in [0.1, 0.15) is 12.5 Å². The number of rotatable bonds is 3. The Hall–Kier alpha value is -1.02. The van der Waals surface area contributed by atoms with Crippen LogP contribution in [0.3, 0.4) is 0 Å². The number of nitrogens with one attached hydrogen (secondary N) is 1. The summed E-state index contributed by atoms with van der Waals surface area (Å²) in [4.78, 5) is 4.13. The smallest absolute Gasteiger partial charge is 0.0884 e. The molecule has 2 nitrogen and oxygen atoms in total. The largest absolute Gasteiger partial charge is 0.379 e. The van der Waals surface area contributed by atoms with Crippen LogP contribution in [0.15, 0.2) is 23.2 Å². The second kappa shape index (κ2) is 4.87. The second-order valence-corrected chi connectivity index (χ2v) is 3.09. The minimum atomic E-state index is 0.700.